The van der Waals surface area contributed by atoms with E-state index in [-0.39, 0.29) is 12.0 Å². The minimum Gasteiger partial charge on any atom is -0.390 e. The molecule has 0 aliphatic rings. The molecular weight excluding hydrogens is 230 g/mol. The first kappa shape index (κ1) is 15.1. The molecule has 0 fully saturated rings. The van der Waals surface area contributed by atoms with Gasteiger partial charge in [0.05, 0.1) is 12.2 Å². The second kappa shape index (κ2) is 7.48. The number of aliphatic hydroxyl groups is 1. The van der Waals surface area contributed by atoms with Crippen molar-refractivity contribution in [2.75, 3.05) is 6.61 Å². The highest BCUT2D eigenvalue weighted by atomic mass is 16.5. The van der Waals surface area contributed by atoms with E-state index in [1.54, 1.807) is 6.33 Å². The molecule has 1 heterocycles. The summed E-state index contributed by atoms with van der Waals surface area (Å²) in [4.78, 5) is 4.21. The van der Waals surface area contributed by atoms with Crippen LogP contribution in [-0.4, -0.2) is 38.7 Å². The number of aliphatic hydroxyl groups excluding tert-OH is 1. The lowest BCUT2D eigenvalue weighted by Crippen LogP contribution is -2.36. The molecule has 0 saturated heterocycles. The van der Waals surface area contributed by atoms with Crippen molar-refractivity contribution >= 4 is 0 Å². The molecule has 0 aliphatic carbocycles. The smallest absolute Gasteiger partial charge is 0.138 e. The van der Waals surface area contributed by atoms with Crippen LogP contribution < -0.4 is 0 Å². The summed E-state index contributed by atoms with van der Waals surface area (Å²) in [5, 5.41) is 14.4. The Morgan fingerprint density at radius 1 is 1.39 bits per heavy atom. The molecular formula is C13H25N3O2. The summed E-state index contributed by atoms with van der Waals surface area (Å²) >= 11 is 0. The van der Waals surface area contributed by atoms with Crippen LogP contribution in [0.4, 0.5) is 0 Å². The largest absolute Gasteiger partial charge is 0.390 e. The van der Waals surface area contributed by atoms with Crippen LogP contribution in [0.2, 0.25) is 0 Å². The van der Waals surface area contributed by atoms with Crippen molar-refractivity contribution in [1.29, 1.82) is 0 Å². The van der Waals surface area contributed by atoms with E-state index in [1.165, 1.54) is 0 Å². The van der Waals surface area contributed by atoms with Gasteiger partial charge < -0.3 is 9.84 Å². The van der Waals surface area contributed by atoms with E-state index in [2.05, 4.69) is 30.9 Å². The highest BCUT2D eigenvalue weighted by Crippen LogP contribution is 2.14. The Bertz CT molecular complexity index is 339. The molecule has 0 aliphatic heterocycles. The van der Waals surface area contributed by atoms with Gasteiger partial charge in [0.2, 0.25) is 0 Å². The first-order valence-electron chi connectivity index (χ1n) is 6.76. The molecule has 5 heteroatoms. The third-order valence-electron chi connectivity index (χ3n) is 2.92. The maximum Gasteiger partial charge on any atom is 0.138 e. The molecule has 1 aromatic heterocycles. The van der Waals surface area contributed by atoms with Crippen LogP contribution in [0.1, 0.15) is 39.9 Å². The van der Waals surface area contributed by atoms with Crippen molar-refractivity contribution < 1.29 is 9.84 Å². The Morgan fingerprint density at radius 3 is 2.67 bits per heavy atom. The number of aromatic nitrogens is 3. The van der Waals surface area contributed by atoms with Gasteiger partial charge in [-0.15, -0.1) is 0 Å². The van der Waals surface area contributed by atoms with Crippen LogP contribution in [0.25, 0.3) is 0 Å². The van der Waals surface area contributed by atoms with Crippen LogP contribution in [0.3, 0.4) is 0 Å². The first-order chi connectivity index (χ1) is 8.60. The summed E-state index contributed by atoms with van der Waals surface area (Å²) in [6.07, 6.45) is 2.35. The maximum atomic E-state index is 10.3. The van der Waals surface area contributed by atoms with Crippen molar-refractivity contribution in [3.63, 3.8) is 0 Å². The molecule has 18 heavy (non-hydrogen) atoms. The highest BCUT2D eigenvalue weighted by molar-refractivity contribution is 4.90. The average molecular weight is 255 g/mol. The zero-order chi connectivity index (χ0) is 13.5. The van der Waals surface area contributed by atoms with Gasteiger partial charge in [0.1, 0.15) is 12.2 Å². The molecule has 1 rings (SSSR count). The van der Waals surface area contributed by atoms with Crippen LogP contribution >= 0.6 is 0 Å². The molecule has 2 atom stereocenters. The fourth-order valence-electron chi connectivity index (χ4n) is 2.09. The molecule has 0 spiro atoms. The SMILES string of the molecule is CCCn1ncnc1CC(O)C(OCC)C(C)C. The van der Waals surface area contributed by atoms with Crippen LogP contribution in [0.15, 0.2) is 6.33 Å². The molecule has 5 nitrogen and oxygen atoms in total. The van der Waals surface area contributed by atoms with Gasteiger partial charge in [-0.05, 0) is 19.3 Å². The van der Waals surface area contributed by atoms with Gasteiger partial charge in [-0.3, -0.25) is 4.68 Å². The third kappa shape index (κ3) is 4.07. The molecule has 0 aromatic carbocycles. The summed E-state index contributed by atoms with van der Waals surface area (Å²) in [6, 6.07) is 0. The number of hydrogen-bond acceptors (Lipinski definition) is 4. The third-order valence-corrected chi connectivity index (χ3v) is 2.92. The van der Waals surface area contributed by atoms with Gasteiger partial charge >= 0.3 is 0 Å². The molecule has 0 bridgehead atoms. The van der Waals surface area contributed by atoms with E-state index < -0.39 is 6.10 Å². The molecule has 1 aromatic rings. The van der Waals surface area contributed by atoms with Gasteiger partial charge in [-0.2, -0.15) is 5.10 Å². The Hall–Kier alpha value is -0.940. The lowest BCUT2D eigenvalue weighted by Gasteiger charge is -2.26. The van der Waals surface area contributed by atoms with Crippen molar-refractivity contribution in [3.8, 4) is 0 Å². The Balaban J connectivity index is 2.66. The number of aryl methyl sites for hydroxylation is 1. The zero-order valence-electron chi connectivity index (χ0n) is 11.8. The quantitative estimate of drug-likeness (QED) is 0.767. The van der Waals surface area contributed by atoms with Crippen molar-refractivity contribution in [1.82, 2.24) is 14.8 Å². The maximum absolute atomic E-state index is 10.3. The van der Waals surface area contributed by atoms with Gasteiger partial charge in [0.25, 0.3) is 0 Å². The fourth-order valence-corrected chi connectivity index (χ4v) is 2.09. The average Bonchev–Trinajstić information content (AvgIpc) is 2.73. The normalized spacial score (nSPS) is 15.0. The second-order valence-corrected chi connectivity index (χ2v) is 4.83. The minimum atomic E-state index is -0.537. The number of ether oxygens (including phenoxy) is 1. The van der Waals surface area contributed by atoms with Crippen LogP contribution in [0, 0.1) is 5.92 Å². The lowest BCUT2D eigenvalue weighted by molar-refractivity contribution is -0.0571. The van der Waals surface area contributed by atoms with E-state index >= 15 is 0 Å². The van der Waals surface area contributed by atoms with E-state index in [1.807, 2.05) is 11.6 Å². The summed E-state index contributed by atoms with van der Waals surface area (Å²) in [5.74, 6) is 1.11. The standard InChI is InChI=1S/C13H25N3O2/c1-5-7-16-12(14-9-15-16)8-11(17)13(10(3)4)18-6-2/h9-11,13,17H,5-8H2,1-4H3. The topological polar surface area (TPSA) is 60.2 Å². The highest BCUT2D eigenvalue weighted by Gasteiger charge is 2.24. The van der Waals surface area contributed by atoms with Gasteiger partial charge in [-0.25, -0.2) is 4.98 Å². The number of rotatable bonds is 8. The molecule has 1 N–H and O–H groups in total. The van der Waals surface area contributed by atoms with Crippen molar-refractivity contribution in [3.05, 3.63) is 12.2 Å². The van der Waals surface area contributed by atoms with E-state index in [4.69, 9.17) is 4.74 Å². The van der Waals surface area contributed by atoms with E-state index in [0.717, 1.165) is 18.8 Å². The molecule has 0 radical (unpaired) electrons. The first-order valence-corrected chi connectivity index (χ1v) is 6.76. The van der Waals surface area contributed by atoms with Crippen molar-refractivity contribution in [2.24, 2.45) is 5.92 Å². The Kier molecular flexibility index (Phi) is 6.29. The molecule has 0 saturated carbocycles. The summed E-state index contributed by atoms with van der Waals surface area (Å²) in [6.45, 7) is 9.60. The monoisotopic (exact) mass is 255 g/mol. The predicted molar refractivity (Wildman–Crippen MR) is 70.3 cm³/mol. The molecule has 0 amide bonds. The summed E-state index contributed by atoms with van der Waals surface area (Å²) < 4.78 is 7.46. The lowest BCUT2D eigenvalue weighted by atomic mass is 9.99. The number of hydrogen-bond donors (Lipinski definition) is 1. The van der Waals surface area contributed by atoms with E-state index in [9.17, 15) is 5.11 Å². The minimum absolute atomic E-state index is 0.151. The Labute approximate surface area is 109 Å². The molecule has 2 unspecified atom stereocenters. The van der Waals surface area contributed by atoms with Crippen molar-refractivity contribution in [2.45, 2.75) is 59.3 Å². The summed E-state index contributed by atoms with van der Waals surface area (Å²) in [5.41, 5.74) is 0. The van der Waals surface area contributed by atoms with Crippen LogP contribution in [0.5, 0.6) is 0 Å². The van der Waals surface area contributed by atoms with Gasteiger partial charge in [0.15, 0.2) is 0 Å². The van der Waals surface area contributed by atoms with Crippen LogP contribution in [-0.2, 0) is 17.7 Å². The second-order valence-electron chi connectivity index (χ2n) is 4.83. The van der Waals surface area contributed by atoms with Gasteiger partial charge in [0, 0.05) is 19.6 Å². The molecule has 104 valence electrons. The van der Waals surface area contributed by atoms with Gasteiger partial charge in [-0.1, -0.05) is 20.8 Å². The number of nitrogens with zero attached hydrogens (tertiary/aromatic N) is 3. The predicted octanol–water partition coefficient (Wildman–Crippen LogP) is 1.65. The Morgan fingerprint density at radius 2 is 2.11 bits per heavy atom. The zero-order valence-corrected chi connectivity index (χ0v) is 11.8. The summed E-state index contributed by atoms with van der Waals surface area (Å²) in [7, 11) is 0. The fraction of sp³-hybridized carbons (Fsp3) is 0.846. The van der Waals surface area contributed by atoms with E-state index in [0.29, 0.717) is 13.0 Å².